The fourth-order valence-corrected chi connectivity index (χ4v) is 2.79. The maximum atomic E-state index is 12.4. The van der Waals surface area contributed by atoms with Crippen LogP contribution in [-0.4, -0.2) is 57.4 Å². The highest BCUT2D eigenvalue weighted by molar-refractivity contribution is 5.96. The molecule has 1 saturated heterocycles. The van der Waals surface area contributed by atoms with Crippen molar-refractivity contribution in [2.45, 2.75) is 32.7 Å². The van der Waals surface area contributed by atoms with Crippen molar-refractivity contribution in [2.75, 3.05) is 20.1 Å². The van der Waals surface area contributed by atoms with Crippen LogP contribution in [0.25, 0.3) is 0 Å². The van der Waals surface area contributed by atoms with Gasteiger partial charge >= 0.3 is 0 Å². The largest absolute Gasteiger partial charge is 0.505 e. The molecule has 0 aliphatic carbocycles. The van der Waals surface area contributed by atoms with Crippen LogP contribution in [-0.2, 0) is 4.79 Å². The molecule has 0 spiro atoms. The standard InChI is InChI=1S/C16H23N3O3/c1-16(2,3)19-10-11(7-14(19)21)9-18(4)15(22)12-5-6-17-8-13(12)20/h5-6,8,11,20H,7,9-10H2,1-4H3. The van der Waals surface area contributed by atoms with E-state index in [4.69, 9.17) is 0 Å². The minimum absolute atomic E-state index is 0.115. The Balaban J connectivity index is 2.02. The quantitative estimate of drug-likeness (QED) is 0.918. The SMILES string of the molecule is CN(CC1CC(=O)N(C(C)(C)C)C1)C(=O)c1ccncc1O. The summed E-state index contributed by atoms with van der Waals surface area (Å²) >= 11 is 0. The van der Waals surface area contributed by atoms with Gasteiger partial charge in [0.15, 0.2) is 0 Å². The van der Waals surface area contributed by atoms with E-state index < -0.39 is 0 Å². The molecule has 0 radical (unpaired) electrons. The topological polar surface area (TPSA) is 73.7 Å². The summed E-state index contributed by atoms with van der Waals surface area (Å²) < 4.78 is 0. The molecule has 1 fully saturated rings. The van der Waals surface area contributed by atoms with Gasteiger partial charge in [-0.3, -0.25) is 14.6 Å². The first-order valence-corrected chi connectivity index (χ1v) is 7.39. The Morgan fingerprint density at radius 2 is 2.18 bits per heavy atom. The first-order chi connectivity index (χ1) is 10.2. The lowest BCUT2D eigenvalue weighted by Gasteiger charge is -2.32. The highest BCUT2D eigenvalue weighted by Crippen LogP contribution is 2.26. The van der Waals surface area contributed by atoms with Crippen LogP contribution >= 0.6 is 0 Å². The third-order valence-electron chi connectivity index (χ3n) is 3.92. The molecular weight excluding hydrogens is 282 g/mol. The van der Waals surface area contributed by atoms with Crippen molar-refractivity contribution < 1.29 is 14.7 Å². The molecule has 1 aromatic heterocycles. The van der Waals surface area contributed by atoms with Crippen LogP contribution in [0.3, 0.4) is 0 Å². The smallest absolute Gasteiger partial charge is 0.257 e. The molecule has 1 N–H and O–H groups in total. The zero-order valence-corrected chi connectivity index (χ0v) is 13.5. The van der Waals surface area contributed by atoms with Crippen LogP contribution in [0.5, 0.6) is 5.75 Å². The third kappa shape index (κ3) is 3.37. The lowest BCUT2D eigenvalue weighted by molar-refractivity contribution is -0.131. The Morgan fingerprint density at radius 3 is 2.73 bits per heavy atom. The van der Waals surface area contributed by atoms with Crippen molar-refractivity contribution in [3.63, 3.8) is 0 Å². The predicted octanol–water partition coefficient (Wildman–Crippen LogP) is 1.51. The molecule has 22 heavy (non-hydrogen) atoms. The Morgan fingerprint density at radius 1 is 1.50 bits per heavy atom. The Hall–Kier alpha value is -2.11. The van der Waals surface area contributed by atoms with Crippen molar-refractivity contribution in [3.05, 3.63) is 24.0 Å². The average Bonchev–Trinajstić information content (AvgIpc) is 2.79. The van der Waals surface area contributed by atoms with Gasteiger partial charge in [0.1, 0.15) is 5.75 Å². The molecular formula is C16H23N3O3. The average molecular weight is 305 g/mol. The molecule has 2 amide bonds. The molecule has 120 valence electrons. The molecule has 6 nitrogen and oxygen atoms in total. The number of aromatic nitrogens is 1. The minimum Gasteiger partial charge on any atom is -0.505 e. The Bertz CT molecular complexity index is 580. The zero-order valence-electron chi connectivity index (χ0n) is 13.5. The molecule has 6 heteroatoms. The summed E-state index contributed by atoms with van der Waals surface area (Å²) in [5.41, 5.74) is 0.0344. The summed E-state index contributed by atoms with van der Waals surface area (Å²) in [6.45, 7) is 7.17. The second-order valence-corrected chi connectivity index (χ2v) is 6.82. The van der Waals surface area contributed by atoms with Crippen molar-refractivity contribution in [1.82, 2.24) is 14.8 Å². The maximum Gasteiger partial charge on any atom is 0.257 e. The van der Waals surface area contributed by atoms with Gasteiger partial charge in [-0.2, -0.15) is 0 Å². The molecule has 1 aliphatic rings. The summed E-state index contributed by atoms with van der Waals surface area (Å²) in [5, 5.41) is 9.71. The van der Waals surface area contributed by atoms with E-state index in [-0.39, 0.29) is 34.6 Å². The van der Waals surface area contributed by atoms with Crippen LogP contribution in [0.15, 0.2) is 18.5 Å². The lowest BCUT2D eigenvalue weighted by Crippen LogP contribution is -2.43. The fraction of sp³-hybridized carbons (Fsp3) is 0.562. The summed E-state index contributed by atoms with van der Waals surface area (Å²) in [5.74, 6) is -0.144. The number of aromatic hydroxyl groups is 1. The number of amides is 2. The lowest BCUT2D eigenvalue weighted by atomic mass is 10.1. The number of hydrogen-bond acceptors (Lipinski definition) is 4. The second kappa shape index (κ2) is 5.94. The van der Waals surface area contributed by atoms with E-state index in [2.05, 4.69) is 4.98 Å². The van der Waals surface area contributed by atoms with Crippen LogP contribution in [0, 0.1) is 5.92 Å². The Kier molecular flexibility index (Phi) is 4.39. The zero-order chi connectivity index (χ0) is 16.5. The van der Waals surface area contributed by atoms with Crippen LogP contribution in [0.1, 0.15) is 37.6 Å². The molecule has 0 bridgehead atoms. The second-order valence-electron chi connectivity index (χ2n) is 6.82. The van der Waals surface area contributed by atoms with E-state index in [1.165, 1.54) is 18.5 Å². The number of carbonyl (C=O) groups excluding carboxylic acids is 2. The van der Waals surface area contributed by atoms with E-state index in [0.29, 0.717) is 19.5 Å². The van der Waals surface area contributed by atoms with Gasteiger partial charge in [-0.25, -0.2) is 0 Å². The molecule has 0 aromatic carbocycles. The van der Waals surface area contributed by atoms with Gasteiger partial charge in [-0.15, -0.1) is 0 Å². The van der Waals surface area contributed by atoms with Crippen LogP contribution in [0.2, 0.25) is 0 Å². The molecule has 1 atom stereocenters. The highest BCUT2D eigenvalue weighted by Gasteiger charge is 2.37. The number of hydrogen-bond donors (Lipinski definition) is 1. The molecule has 0 saturated carbocycles. The third-order valence-corrected chi connectivity index (χ3v) is 3.92. The number of nitrogens with zero attached hydrogens (tertiary/aromatic N) is 3. The maximum absolute atomic E-state index is 12.4. The van der Waals surface area contributed by atoms with Gasteiger partial charge in [0.05, 0.1) is 11.8 Å². The first kappa shape index (κ1) is 16.3. The number of rotatable bonds is 3. The van der Waals surface area contributed by atoms with Crippen molar-refractivity contribution >= 4 is 11.8 Å². The van der Waals surface area contributed by atoms with Gasteiger partial charge < -0.3 is 14.9 Å². The molecule has 2 rings (SSSR count). The molecule has 1 aromatic rings. The van der Waals surface area contributed by atoms with Gasteiger partial charge in [-0.05, 0) is 26.8 Å². The first-order valence-electron chi connectivity index (χ1n) is 7.39. The van der Waals surface area contributed by atoms with Gasteiger partial charge in [0.2, 0.25) is 5.91 Å². The predicted molar refractivity (Wildman–Crippen MR) is 82.4 cm³/mol. The summed E-state index contributed by atoms with van der Waals surface area (Å²) in [6.07, 6.45) is 3.18. The number of likely N-dealkylation sites (tertiary alicyclic amines) is 1. The normalized spacial score (nSPS) is 18.6. The van der Waals surface area contributed by atoms with E-state index in [1.54, 1.807) is 11.9 Å². The van der Waals surface area contributed by atoms with Crippen molar-refractivity contribution in [3.8, 4) is 5.75 Å². The van der Waals surface area contributed by atoms with Crippen molar-refractivity contribution in [1.29, 1.82) is 0 Å². The van der Waals surface area contributed by atoms with Gasteiger partial charge in [0.25, 0.3) is 5.91 Å². The monoisotopic (exact) mass is 305 g/mol. The van der Waals surface area contributed by atoms with Gasteiger partial charge in [-0.1, -0.05) is 0 Å². The molecule has 2 heterocycles. The highest BCUT2D eigenvalue weighted by atomic mass is 16.3. The number of carbonyl (C=O) groups is 2. The minimum atomic E-state index is -0.262. The fourth-order valence-electron chi connectivity index (χ4n) is 2.79. The molecule has 1 aliphatic heterocycles. The van der Waals surface area contributed by atoms with Crippen LogP contribution < -0.4 is 0 Å². The van der Waals surface area contributed by atoms with Crippen molar-refractivity contribution in [2.24, 2.45) is 5.92 Å². The van der Waals surface area contributed by atoms with Crippen LogP contribution in [0.4, 0.5) is 0 Å². The number of pyridine rings is 1. The van der Waals surface area contributed by atoms with Gasteiger partial charge in [0, 0.05) is 44.2 Å². The summed E-state index contributed by atoms with van der Waals surface area (Å²) in [4.78, 5) is 31.6. The summed E-state index contributed by atoms with van der Waals surface area (Å²) in [7, 11) is 1.69. The summed E-state index contributed by atoms with van der Waals surface area (Å²) in [6, 6.07) is 1.50. The van der Waals surface area contributed by atoms with E-state index in [0.717, 1.165) is 0 Å². The molecule has 1 unspecified atom stereocenters. The van der Waals surface area contributed by atoms with E-state index in [9.17, 15) is 14.7 Å². The van der Waals surface area contributed by atoms with E-state index >= 15 is 0 Å². The Labute approximate surface area is 130 Å². The van der Waals surface area contributed by atoms with E-state index in [1.807, 2.05) is 25.7 Å².